The molecular formula is C19H32FIN4. The van der Waals surface area contributed by atoms with Crippen molar-refractivity contribution < 1.29 is 4.39 Å². The molecule has 1 saturated heterocycles. The Morgan fingerprint density at radius 2 is 2.12 bits per heavy atom. The number of unbranched alkanes of at least 4 members (excludes halogenated alkanes) is 1. The first-order valence-electron chi connectivity index (χ1n) is 9.12. The molecule has 0 saturated carbocycles. The molecule has 1 heterocycles. The van der Waals surface area contributed by atoms with Crippen molar-refractivity contribution in [1.29, 1.82) is 0 Å². The van der Waals surface area contributed by atoms with Gasteiger partial charge in [-0.1, -0.05) is 18.6 Å². The molecule has 142 valence electrons. The van der Waals surface area contributed by atoms with Crippen LogP contribution in [-0.4, -0.2) is 43.6 Å². The number of likely N-dealkylation sites (tertiary alicyclic amines) is 1. The Hall–Kier alpha value is -0.890. The van der Waals surface area contributed by atoms with Gasteiger partial charge in [-0.2, -0.15) is 0 Å². The molecule has 0 bridgehead atoms. The van der Waals surface area contributed by atoms with E-state index < -0.39 is 0 Å². The van der Waals surface area contributed by atoms with E-state index in [1.807, 2.05) is 6.07 Å². The normalized spacial score (nSPS) is 18.5. The maximum Gasteiger partial charge on any atom is 0.191 e. The van der Waals surface area contributed by atoms with Crippen LogP contribution >= 0.6 is 24.0 Å². The molecule has 1 aliphatic heterocycles. The third-order valence-electron chi connectivity index (χ3n) is 4.68. The number of aliphatic imine (C=N–C) groups is 1. The average Bonchev–Trinajstić information content (AvgIpc) is 2.59. The van der Waals surface area contributed by atoms with Crippen molar-refractivity contribution in [3.63, 3.8) is 0 Å². The highest BCUT2D eigenvalue weighted by Crippen LogP contribution is 2.16. The van der Waals surface area contributed by atoms with E-state index in [4.69, 9.17) is 0 Å². The zero-order chi connectivity index (χ0) is 17.2. The lowest BCUT2D eigenvalue weighted by molar-refractivity contribution is 0.158. The lowest BCUT2D eigenvalue weighted by Gasteiger charge is -2.33. The van der Waals surface area contributed by atoms with Crippen molar-refractivity contribution in [3.05, 3.63) is 35.6 Å². The molecular weight excluding hydrogens is 430 g/mol. The van der Waals surface area contributed by atoms with E-state index in [0.29, 0.717) is 6.54 Å². The van der Waals surface area contributed by atoms with Crippen LogP contribution in [-0.2, 0) is 6.54 Å². The third kappa shape index (κ3) is 8.35. The molecule has 1 aliphatic rings. The second kappa shape index (κ2) is 12.5. The van der Waals surface area contributed by atoms with Gasteiger partial charge < -0.3 is 15.5 Å². The number of hydrogen-bond acceptors (Lipinski definition) is 2. The molecule has 0 amide bonds. The Bertz CT molecular complexity index is 524. The fraction of sp³-hybridized carbons (Fsp3) is 0.632. The predicted molar refractivity (Wildman–Crippen MR) is 114 cm³/mol. The largest absolute Gasteiger partial charge is 0.356 e. The van der Waals surface area contributed by atoms with Crippen LogP contribution in [0.15, 0.2) is 29.3 Å². The smallest absolute Gasteiger partial charge is 0.191 e. The zero-order valence-electron chi connectivity index (χ0n) is 15.4. The van der Waals surface area contributed by atoms with Crippen LogP contribution in [0.5, 0.6) is 0 Å². The van der Waals surface area contributed by atoms with Crippen molar-refractivity contribution in [1.82, 2.24) is 15.5 Å². The van der Waals surface area contributed by atoms with Crippen molar-refractivity contribution in [2.45, 2.75) is 51.6 Å². The lowest BCUT2D eigenvalue weighted by atomic mass is 10.0. The summed E-state index contributed by atoms with van der Waals surface area (Å²) in [6, 6.07) is 7.38. The molecule has 2 N–H and O–H groups in total. The van der Waals surface area contributed by atoms with Crippen molar-refractivity contribution in [2.75, 3.05) is 26.7 Å². The molecule has 0 spiro atoms. The quantitative estimate of drug-likeness (QED) is 0.281. The number of nitrogens with zero attached hydrogens (tertiary/aromatic N) is 2. The van der Waals surface area contributed by atoms with Gasteiger partial charge in [0.25, 0.3) is 0 Å². The highest BCUT2D eigenvalue weighted by atomic mass is 127. The molecule has 0 aliphatic carbocycles. The van der Waals surface area contributed by atoms with Gasteiger partial charge in [0.05, 0.1) is 0 Å². The van der Waals surface area contributed by atoms with E-state index in [-0.39, 0.29) is 29.8 Å². The first kappa shape index (κ1) is 22.2. The Morgan fingerprint density at radius 3 is 2.84 bits per heavy atom. The average molecular weight is 462 g/mol. The first-order chi connectivity index (χ1) is 11.7. The van der Waals surface area contributed by atoms with Gasteiger partial charge in [0.1, 0.15) is 5.82 Å². The summed E-state index contributed by atoms with van der Waals surface area (Å²) in [5.74, 6) is 0.565. The maximum absolute atomic E-state index is 13.2. The number of hydrogen-bond donors (Lipinski definition) is 2. The molecule has 0 aromatic heterocycles. The summed E-state index contributed by atoms with van der Waals surface area (Å²) in [6.45, 7) is 6.27. The minimum absolute atomic E-state index is 0. The molecule has 0 radical (unpaired) electrons. The van der Waals surface area contributed by atoms with Crippen LogP contribution in [0.3, 0.4) is 0 Å². The number of halogens is 2. The van der Waals surface area contributed by atoms with Gasteiger partial charge >= 0.3 is 0 Å². The highest BCUT2D eigenvalue weighted by molar-refractivity contribution is 14.0. The van der Waals surface area contributed by atoms with Gasteiger partial charge in [-0.25, -0.2) is 4.39 Å². The molecule has 1 aromatic rings. The van der Waals surface area contributed by atoms with Gasteiger partial charge in [0.15, 0.2) is 5.96 Å². The van der Waals surface area contributed by atoms with Crippen LogP contribution in [0, 0.1) is 5.82 Å². The van der Waals surface area contributed by atoms with E-state index in [1.165, 1.54) is 44.8 Å². The fourth-order valence-electron chi connectivity index (χ4n) is 3.19. The van der Waals surface area contributed by atoms with Crippen LogP contribution < -0.4 is 10.6 Å². The summed E-state index contributed by atoms with van der Waals surface area (Å²) in [6.07, 6.45) is 6.41. The number of benzene rings is 1. The molecule has 25 heavy (non-hydrogen) atoms. The van der Waals surface area contributed by atoms with E-state index in [1.54, 1.807) is 19.2 Å². The van der Waals surface area contributed by atoms with Gasteiger partial charge in [-0.05, 0) is 63.4 Å². The minimum Gasteiger partial charge on any atom is -0.356 e. The predicted octanol–water partition coefficient (Wildman–Crippen LogP) is 3.76. The monoisotopic (exact) mass is 462 g/mol. The Kier molecular flexibility index (Phi) is 11.0. The first-order valence-corrected chi connectivity index (χ1v) is 9.12. The van der Waals surface area contributed by atoms with Crippen LogP contribution in [0.4, 0.5) is 4.39 Å². The fourth-order valence-corrected chi connectivity index (χ4v) is 3.19. The topological polar surface area (TPSA) is 39.7 Å². The Balaban J connectivity index is 0.00000312. The summed E-state index contributed by atoms with van der Waals surface area (Å²) in [4.78, 5) is 6.83. The molecule has 1 unspecified atom stereocenters. The van der Waals surface area contributed by atoms with Crippen LogP contribution in [0.2, 0.25) is 0 Å². The number of piperidine rings is 1. The summed E-state index contributed by atoms with van der Waals surface area (Å²) >= 11 is 0. The number of guanidine groups is 1. The van der Waals surface area contributed by atoms with Gasteiger partial charge in [-0.15, -0.1) is 24.0 Å². The van der Waals surface area contributed by atoms with Crippen LogP contribution in [0.1, 0.15) is 44.6 Å². The summed E-state index contributed by atoms with van der Waals surface area (Å²) in [5.41, 5.74) is 0.914. The third-order valence-corrected chi connectivity index (χ3v) is 4.68. The maximum atomic E-state index is 13.2. The van der Waals surface area contributed by atoms with E-state index in [9.17, 15) is 4.39 Å². The highest BCUT2D eigenvalue weighted by Gasteiger charge is 2.16. The molecule has 1 aromatic carbocycles. The van der Waals surface area contributed by atoms with Gasteiger partial charge in [0.2, 0.25) is 0 Å². The van der Waals surface area contributed by atoms with Crippen LogP contribution in [0.25, 0.3) is 0 Å². The molecule has 1 atom stereocenters. The molecule has 4 nitrogen and oxygen atoms in total. The minimum atomic E-state index is -0.204. The Labute approximate surface area is 168 Å². The molecule has 1 fully saturated rings. The van der Waals surface area contributed by atoms with Crippen molar-refractivity contribution in [2.24, 2.45) is 4.99 Å². The summed E-state index contributed by atoms with van der Waals surface area (Å²) < 4.78 is 13.2. The summed E-state index contributed by atoms with van der Waals surface area (Å²) in [5, 5.41) is 6.55. The second-order valence-corrected chi connectivity index (χ2v) is 6.57. The Morgan fingerprint density at radius 1 is 1.28 bits per heavy atom. The SMILES string of the molecule is CN=C(NCCCCN1CCCCC1C)NCc1cccc(F)c1.I. The molecule has 6 heteroatoms. The number of nitrogens with one attached hydrogen (secondary N) is 2. The van der Waals surface area contributed by atoms with Crippen molar-refractivity contribution in [3.8, 4) is 0 Å². The van der Waals surface area contributed by atoms with E-state index >= 15 is 0 Å². The zero-order valence-corrected chi connectivity index (χ0v) is 17.8. The molecule has 2 rings (SSSR count). The van der Waals surface area contributed by atoms with E-state index in [0.717, 1.165) is 30.5 Å². The van der Waals surface area contributed by atoms with Crippen molar-refractivity contribution >= 4 is 29.9 Å². The second-order valence-electron chi connectivity index (χ2n) is 6.57. The summed E-state index contributed by atoms with van der Waals surface area (Å²) in [7, 11) is 1.76. The standard InChI is InChI=1S/C19H31FN4.HI/c1-16-8-3-5-12-24(16)13-6-4-11-22-19(21-2)23-15-17-9-7-10-18(20)14-17;/h7,9-10,14,16H,3-6,8,11-13,15H2,1-2H3,(H2,21,22,23);1H. The van der Waals surface area contributed by atoms with Gasteiger partial charge in [0, 0.05) is 26.2 Å². The number of rotatable bonds is 7. The van der Waals surface area contributed by atoms with Gasteiger partial charge in [-0.3, -0.25) is 4.99 Å². The van der Waals surface area contributed by atoms with E-state index in [2.05, 4.69) is 27.4 Å². The lowest BCUT2D eigenvalue weighted by Crippen LogP contribution is -2.39.